The van der Waals surface area contributed by atoms with Gasteiger partial charge in [0.05, 0.1) is 13.7 Å². The lowest BCUT2D eigenvalue weighted by Gasteiger charge is -2.25. The molecule has 0 heterocycles. The maximum Gasteiger partial charge on any atom is 0.469 e. The van der Waals surface area contributed by atoms with Crippen molar-refractivity contribution in [3.8, 4) is 0 Å². The van der Waals surface area contributed by atoms with Gasteiger partial charge in [0.25, 0.3) is 0 Å². The Morgan fingerprint density at radius 3 is 2.06 bits per heavy atom. The van der Waals surface area contributed by atoms with E-state index in [1.54, 1.807) is 0 Å². The number of carbonyl (C=O) groups is 1. The smallest absolute Gasteiger partial charge is 0.467 e. The molecule has 6 N–H and O–H groups in total. The molecular weight excluding hydrogens is 275 g/mol. The normalized spacial score (nSPS) is 18.8. The number of rotatable bonds is 7. The van der Waals surface area contributed by atoms with Crippen LogP contribution in [0.25, 0.3) is 0 Å². The highest BCUT2D eigenvalue weighted by molar-refractivity contribution is 7.46. The third-order valence-electron chi connectivity index (χ3n) is 1.92. The van der Waals surface area contributed by atoms with Crippen molar-refractivity contribution in [2.75, 3.05) is 13.7 Å². The maximum atomic E-state index is 10.8. The minimum Gasteiger partial charge on any atom is -0.467 e. The lowest BCUT2D eigenvalue weighted by Crippen LogP contribution is -2.49. The second-order valence-corrected chi connectivity index (χ2v) is 4.54. The van der Waals surface area contributed by atoms with Gasteiger partial charge in [-0.25, -0.2) is 9.36 Å². The van der Waals surface area contributed by atoms with Gasteiger partial charge >= 0.3 is 13.8 Å². The lowest BCUT2D eigenvalue weighted by atomic mass is 10.0. The van der Waals surface area contributed by atoms with Crippen LogP contribution in [0.5, 0.6) is 0 Å². The van der Waals surface area contributed by atoms with E-state index in [1.807, 2.05) is 0 Å². The molecule has 0 amide bonds. The van der Waals surface area contributed by atoms with Crippen LogP contribution in [0.2, 0.25) is 0 Å². The van der Waals surface area contributed by atoms with Crippen molar-refractivity contribution in [1.29, 1.82) is 0 Å². The molecule has 0 saturated heterocycles. The van der Waals surface area contributed by atoms with Crippen LogP contribution in [0, 0.1) is 0 Å². The van der Waals surface area contributed by atoms with Gasteiger partial charge in [-0.1, -0.05) is 0 Å². The fraction of sp³-hybridized carbons (Fsp3) is 0.857. The van der Waals surface area contributed by atoms with E-state index in [0.717, 1.165) is 7.11 Å². The zero-order valence-electron chi connectivity index (χ0n) is 9.28. The monoisotopic (exact) mass is 290 g/mol. The van der Waals surface area contributed by atoms with Gasteiger partial charge in [-0.3, -0.25) is 4.52 Å². The van der Waals surface area contributed by atoms with Crippen molar-refractivity contribution in [2.24, 2.45) is 0 Å². The minimum atomic E-state index is -4.84. The molecule has 11 heteroatoms. The van der Waals surface area contributed by atoms with Crippen LogP contribution in [0.4, 0.5) is 0 Å². The van der Waals surface area contributed by atoms with E-state index < -0.39 is 44.8 Å². The van der Waals surface area contributed by atoms with Crippen LogP contribution < -0.4 is 0 Å². The topological polar surface area (TPSA) is 174 Å². The molecule has 0 aliphatic rings. The number of ether oxygens (including phenoxy) is 1. The molecule has 0 aromatic rings. The number of hydrogen-bond acceptors (Lipinski definition) is 8. The highest BCUT2D eigenvalue weighted by Gasteiger charge is 2.35. The molecule has 108 valence electrons. The van der Waals surface area contributed by atoms with Gasteiger partial charge in [0.2, 0.25) is 0 Å². The summed E-state index contributed by atoms with van der Waals surface area (Å²) in [7, 11) is -3.92. The average molecular weight is 290 g/mol. The van der Waals surface area contributed by atoms with Crippen molar-refractivity contribution >= 4 is 13.8 Å². The summed E-state index contributed by atoms with van der Waals surface area (Å²) in [4.78, 5) is 27.5. The van der Waals surface area contributed by atoms with Crippen molar-refractivity contribution in [3.63, 3.8) is 0 Å². The fourth-order valence-corrected chi connectivity index (χ4v) is 1.29. The minimum absolute atomic E-state index is 0.929. The molecule has 0 spiro atoms. The van der Waals surface area contributed by atoms with E-state index in [-0.39, 0.29) is 0 Å². The standard InChI is InChI=1S/C7H15O10P/c1-16-7(12)6(11)5(10)4(9)3(8)2-17-18(13,14)15/h3-6,8-11H,2H2,1H3,(H2,13,14,15). The van der Waals surface area contributed by atoms with E-state index in [1.165, 1.54) is 0 Å². The molecule has 0 aromatic heterocycles. The fourth-order valence-electron chi connectivity index (χ4n) is 0.947. The molecule has 0 rings (SSSR count). The van der Waals surface area contributed by atoms with E-state index in [4.69, 9.17) is 14.9 Å². The molecule has 10 nitrogen and oxygen atoms in total. The highest BCUT2D eigenvalue weighted by Crippen LogP contribution is 2.35. The molecule has 4 atom stereocenters. The third kappa shape index (κ3) is 5.85. The van der Waals surface area contributed by atoms with Gasteiger partial charge < -0.3 is 34.9 Å². The first-order chi connectivity index (χ1) is 8.10. The molecule has 0 fully saturated rings. The number of methoxy groups -OCH3 is 1. The number of carbonyl (C=O) groups excluding carboxylic acids is 1. The van der Waals surface area contributed by atoms with E-state index in [9.17, 15) is 24.7 Å². The van der Waals surface area contributed by atoms with E-state index in [0.29, 0.717) is 0 Å². The summed E-state index contributed by atoms with van der Waals surface area (Å²) in [5, 5.41) is 36.9. The zero-order chi connectivity index (χ0) is 14.5. The molecule has 4 unspecified atom stereocenters. The molecule has 0 aromatic carbocycles. The summed E-state index contributed by atoms with van der Waals surface area (Å²) in [6.07, 6.45) is -8.21. The van der Waals surface area contributed by atoms with E-state index in [2.05, 4.69) is 9.26 Å². The Balaban J connectivity index is 4.40. The molecule has 0 bridgehead atoms. The first-order valence-corrected chi connectivity index (χ1v) is 6.13. The Hall–Kier alpha value is -0.580. The van der Waals surface area contributed by atoms with E-state index >= 15 is 0 Å². The summed E-state index contributed by atoms with van der Waals surface area (Å²) in [5.74, 6) is -1.25. The van der Waals surface area contributed by atoms with Gasteiger partial charge in [-0.05, 0) is 0 Å². The lowest BCUT2D eigenvalue weighted by molar-refractivity contribution is -0.167. The molecule has 0 saturated carbocycles. The van der Waals surface area contributed by atoms with Crippen LogP contribution in [0.3, 0.4) is 0 Å². The summed E-state index contributed by atoms with van der Waals surface area (Å²) in [5.41, 5.74) is 0. The SMILES string of the molecule is COC(=O)C(O)C(O)C(O)C(O)COP(=O)(O)O. The maximum absolute atomic E-state index is 10.8. The Labute approximate surface area is 102 Å². The average Bonchev–Trinajstić information content (AvgIpc) is 2.31. The van der Waals surface area contributed by atoms with Gasteiger partial charge in [0.1, 0.15) is 18.3 Å². The van der Waals surface area contributed by atoms with Crippen molar-refractivity contribution in [1.82, 2.24) is 0 Å². The quantitative estimate of drug-likeness (QED) is 0.206. The Bertz CT molecular complexity index is 313. The molecule has 0 aliphatic heterocycles. The zero-order valence-corrected chi connectivity index (χ0v) is 10.2. The Morgan fingerprint density at radius 1 is 1.17 bits per heavy atom. The van der Waals surface area contributed by atoms with Crippen LogP contribution in [0.1, 0.15) is 0 Å². The summed E-state index contributed by atoms with van der Waals surface area (Å²) >= 11 is 0. The highest BCUT2D eigenvalue weighted by atomic mass is 31.2. The Morgan fingerprint density at radius 2 is 1.67 bits per heavy atom. The Kier molecular flexibility index (Phi) is 6.89. The van der Waals surface area contributed by atoms with Crippen LogP contribution >= 0.6 is 7.82 Å². The van der Waals surface area contributed by atoms with Crippen molar-refractivity contribution < 1.29 is 48.8 Å². The van der Waals surface area contributed by atoms with Gasteiger partial charge in [-0.15, -0.1) is 0 Å². The number of aliphatic hydroxyl groups is 4. The second-order valence-electron chi connectivity index (χ2n) is 3.30. The van der Waals surface area contributed by atoms with Gasteiger partial charge in [-0.2, -0.15) is 0 Å². The summed E-state index contributed by atoms with van der Waals surface area (Å²) in [6.45, 7) is -1.00. The number of esters is 1. The first kappa shape index (κ1) is 17.4. The molecule has 0 radical (unpaired) electrons. The van der Waals surface area contributed by atoms with Crippen LogP contribution in [-0.2, 0) is 18.6 Å². The number of phosphoric ester groups is 1. The summed E-state index contributed by atoms with van der Waals surface area (Å²) < 4.78 is 18.3. The molecule has 0 aliphatic carbocycles. The largest absolute Gasteiger partial charge is 0.469 e. The van der Waals surface area contributed by atoms with Crippen LogP contribution in [-0.4, -0.2) is 74.3 Å². The third-order valence-corrected chi connectivity index (χ3v) is 2.41. The second kappa shape index (κ2) is 7.12. The van der Waals surface area contributed by atoms with Crippen molar-refractivity contribution in [3.05, 3.63) is 0 Å². The summed E-state index contributed by atoms with van der Waals surface area (Å²) in [6, 6.07) is 0. The number of phosphoric acid groups is 1. The van der Waals surface area contributed by atoms with Crippen molar-refractivity contribution in [2.45, 2.75) is 24.4 Å². The van der Waals surface area contributed by atoms with Crippen LogP contribution in [0.15, 0.2) is 0 Å². The number of hydrogen-bond donors (Lipinski definition) is 6. The number of aliphatic hydroxyl groups excluding tert-OH is 4. The van der Waals surface area contributed by atoms with Gasteiger partial charge in [0, 0.05) is 0 Å². The molecular formula is C7H15O10P. The predicted molar refractivity (Wildman–Crippen MR) is 54.0 cm³/mol. The molecule has 18 heavy (non-hydrogen) atoms. The predicted octanol–water partition coefficient (Wildman–Crippen LogP) is -3.29. The van der Waals surface area contributed by atoms with Gasteiger partial charge in [0.15, 0.2) is 6.10 Å². The first-order valence-electron chi connectivity index (χ1n) is 4.60.